The van der Waals surface area contributed by atoms with E-state index >= 15 is 0 Å². The van der Waals surface area contributed by atoms with Gasteiger partial charge in [0.15, 0.2) is 0 Å². The molecule has 2 unspecified atom stereocenters. The van der Waals surface area contributed by atoms with E-state index in [0.717, 1.165) is 31.4 Å². The molecule has 22 heavy (non-hydrogen) atoms. The number of nitrogens with two attached hydrogens (primary N) is 1. The van der Waals surface area contributed by atoms with Gasteiger partial charge in [-0.05, 0) is 38.8 Å². The number of amides is 1. The number of aromatic nitrogens is 1. The Hall–Kier alpha value is -0.840. The van der Waals surface area contributed by atoms with Crippen LogP contribution in [0, 0.1) is 5.92 Å². The van der Waals surface area contributed by atoms with Gasteiger partial charge in [0.1, 0.15) is 0 Å². The summed E-state index contributed by atoms with van der Waals surface area (Å²) >= 11 is 0. The van der Waals surface area contributed by atoms with E-state index in [1.807, 2.05) is 36.9 Å². The highest BCUT2D eigenvalue weighted by Gasteiger charge is 2.39. The van der Waals surface area contributed by atoms with Crippen molar-refractivity contribution in [3.8, 4) is 0 Å². The highest BCUT2D eigenvalue weighted by molar-refractivity contribution is 5.85. The fourth-order valence-electron chi connectivity index (χ4n) is 3.02. The number of pyridine rings is 1. The maximum atomic E-state index is 12.8. The predicted octanol–water partition coefficient (Wildman–Crippen LogP) is 3.18. The van der Waals surface area contributed by atoms with E-state index < -0.39 is 0 Å². The smallest absolute Gasteiger partial charge is 0.227 e. The fourth-order valence-corrected chi connectivity index (χ4v) is 3.02. The number of nitrogens with zero attached hydrogens (tertiary/aromatic N) is 2. The molecule has 1 saturated carbocycles. The molecule has 0 spiro atoms. The van der Waals surface area contributed by atoms with Crippen LogP contribution in [0.1, 0.15) is 45.2 Å². The maximum Gasteiger partial charge on any atom is 0.227 e. The Morgan fingerprint density at radius 1 is 1.41 bits per heavy atom. The second kappa shape index (κ2) is 9.33. The molecule has 2 rings (SSSR count). The SMILES string of the molecule is CCN(Cc1ccccn1)C(=O)C1CCCCC1(C)N.Cl.Cl. The molecule has 2 N–H and O–H groups in total. The molecule has 4 nitrogen and oxygen atoms in total. The van der Waals surface area contributed by atoms with Crippen molar-refractivity contribution >= 4 is 30.7 Å². The Morgan fingerprint density at radius 3 is 2.68 bits per heavy atom. The van der Waals surface area contributed by atoms with E-state index in [-0.39, 0.29) is 42.2 Å². The zero-order valence-corrected chi connectivity index (χ0v) is 15.0. The predicted molar refractivity (Wildman–Crippen MR) is 94.4 cm³/mol. The summed E-state index contributed by atoms with van der Waals surface area (Å²) in [5, 5.41) is 0. The summed E-state index contributed by atoms with van der Waals surface area (Å²) in [5.74, 6) is 0.128. The summed E-state index contributed by atoms with van der Waals surface area (Å²) in [6.07, 6.45) is 5.84. The third-order valence-corrected chi connectivity index (χ3v) is 4.32. The highest BCUT2D eigenvalue weighted by atomic mass is 35.5. The minimum atomic E-state index is -0.368. The molecule has 1 aromatic heterocycles. The lowest BCUT2D eigenvalue weighted by atomic mass is 9.74. The molecule has 0 aliphatic heterocycles. The van der Waals surface area contributed by atoms with Crippen LogP contribution >= 0.6 is 24.8 Å². The molecule has 2 atom stereocenters. The number of halogens is 2. The van der Waals surface area contributed by atoms with Crippen molar-refractivity contribution in [2.24, 2.45) is 11.7 Å². The normalized spacial score (nSPS) is 23.9. The van der Waals surface area contributed by atoms with Gasteiger partial charge in [0.05, 0.1) is 18.2 Å². The molecule has 1 aromatic rings. The van der Waals surface area contributed by atoms with Crippen LogP contribution in [-0.4, -0.2) is 27.9 Å². The molecule has 0 bridgehead atoms. The lowest BCUT2D eigenvalue weighted by molar-refractivity contribution is -0.139. The lowest BCUT2D eigenvalue weighted by Gasteiger charge is -2.39. The monoisotopic (exact) mass is 347 g/mol. The molecule has 1 aliphatic carbocycles. The Balaban J connectivity index is 0.00000220. The van der Waals surface area contributed by atoms with Crippen molar-refractivity contribution < 1.29 is 4.79 Å². The first kappa shape index (κ1) is 21.2. The topological polar surface area (TPSA) is 59.2 Å². The lowest BCUT2D eigenvalue weighted by Crippen LogP contribution is -2.53. The van der Waals surface area contributed by atoms with Gasteiger partial charge in [-0.15, -0.1) is 24.8 Å². The van der Waals surface area contributed by atoms with Crippen molar-refractivity contribution in [3.63, 3.8) is 0 Å². The zero-order valence-electron chi connectivity index (χ0n) is 13.3. The van der Waals surface area contributed by atoms with Crippen LogP contribution in [0.25, 0.3) is 0 Å². The van der Waals surface area contributed by atoms with Gasteiger partial charge in [-0.3, -0.25) is 9.78 Å². The Morgan fingerprint density at radius 2 is 2.14 bits per heavy atom. The molecule has 6 heteroatoms. The Bertz CT molecular complexity index is 454. The van der Waals surface area contributed by atoms with E-state index in [4.69, 9.17) is 5.73 Å². The molecule has 126 valence electrons. The molecule has 1 heterocycles. The number of rotatable bonds is 4. The van der Waals surface area contributed by atoms with Gasteiger partial charge in [0.2, 0.25) is 5.91 Å². The van der Waals surface area contributed by atoms with E-state index in [1.54, 1.807) is 6.20 Å². The first-order valence-electron chi connectivity index (χ1n) is 7.52. The second-order valence-corrected chi connectivity index (χ2v) is 5.98. The van der Waals surface area contributed by atoms with Crippen LogP contribution in [0.2, 0.25) is 0 Å². The molecule has 1 aliphatic rings. The van der Waals surface area contributed by atoms with Crippen LogP contribution in [0.5, 0.6) is 0 Å². The molecule has 0 radical (unpaired) electrons. The first-order valence-corrected chi connectivity index (χ1v) is 7.52. The van der Waals surface area contributed by atoms with Gasteiger partial charge in [0, 0.05) is 18.3 Å². The summed E-state index contributed by atoms with van der Waals surface area (Å²) in [7, 11) is 0. The summed E-state index contributed by atoms with van der Waals surface area (Å²) in [5.41, 5.74) is 6.91. The Kier molecular flexibility index (Phi) is 8.98. The highest BCUT2D eigenvalue weighted by Crippen LogP contribution is 2.33. The molecule has 1 fully saturated rings. The van der Waals surface area contributed by atoms with Crippen molar-refractivity contribution in [3.05, 3.63) is 30.1 Å². The molecule has 0 aromatic carbocycles. The third-order valence-electron chi connectivity index (χ3n) is 4.32. The summed E-state index contributed by atoms with van der Waals surface area (Å²) in [6.45, 7) is 5.30. The standard InChI is InChI=1S/C16H25N3O.2ClH/c1-3-19(12-13-8-5-7-11-18-13)15(20)14-9-4-6-10-16(14,2)17;;/h5,7-8,11,14H,3-4,6,9-10,12,17H2,1-2H3;2*1H. The number of carbonyl (C=O) groups excluding carboxylic acids is 1. The number of carbonyl (C=O) groups is 1. The van der Waals surface area contributed by atoms with Gasteiger partial charge in [0.25, 0.3) is 0 Å². The van der Waals surface area contributed by atoms with Gasteiger partial charge in [-0.25, -0.2) is 0 Å². The largest absolute Gasteiger partial charge is 0.337 e. The number of hydrogen-bond acceptors (Lipinski definition) is 3. The van der Waals surface area contributed by atoms with E-state index in [1.165, 1.54) is 0 Å². The average Bonchev–Trinajstić information content (AvgIpc) is 2.45. The van der Waals surface area contributed by atoms with Gasteiger partial charge in [-0.1, -0.05) is 18.9 Å². The third kappa shape index (κ3) is 5.11. The maximum absolute atomic E-state index is 12.8. The molecular weight excluding hydrogens is 321 g/mol. The summed E-state index contributed by atoms with van der Waals surface area (Å²) in [4.78, 5) is 19.0. The number of hydrogen-bond donors (Lipinski definition) is 1. The van der Waals surface area contributed by atoms with Crippen LogP contribution in [0.15, 0.2) is 24.4 Å². The van der Waals surface area contributed by atoms with Crippen LogP contribution in [-0.2, 0) is 11.3 Å². The van der Waals surface area contributed by atoms with Gasteiger partial charge >= 0.3 is 0 Å². The van der Waals surface area contributed by atoms with E-state index in [0.29, 0.717) is 13.1 Å². The zero-order chi connectivity index (χ0) is 14.6. The van der Waals surface area contributed by atoms with E-state index in [9.17, 15) is 4.79 Å². The van der Waals surface area contributed by atoms with E-state index in [2.05, 4.69) is 4.98 Å². The summed E-state index contributed by atoms with van der Waals surface area (Å²) < 4.78 is 0. The minimum absolute atomic E-state index is 0. The van der Waals surface area contributed by atoms with Gasteiger partial charge < -0.3 is 10.6 Å². The van der Waals surface area contributed by atoms with Crippen molar-refractivity contribution in [2.75, 3.05) is 6.54 Å². The second-order valence-electron chi connectivity index (χ2n) is 5.98. The van der Waals surface area contributed by atoms with Crippen LogP contribution in [0.4, 0.5) is 0 Å². The average molecular weight is 348 g/mol. The van der Waals surface area contributed by atoms with Crippen LogP contribution < -0.4 is 5.73 Å². The summed E-state index contributed by atoms with van der Waals surface area (Å²) in [6, 6.07) is 5.80. The van der Waals surface area contributed by atoms with Crippen LogP contribution in [0.3, 0.4) is 0 Å². The first-order chi connectivity index (χ1) is 9.54. The minimum Gasteiger partial charge on any atom is -0.337 e. The van der Waals surface area contributed by atoms with Crippen molar-refractivity contribution in [2.45, 2.75) is 51.6 Å². The quantitative estimate of drug-likeness (QED) is 0.909. The fraction of sp³-hybridized carbons (Fsp3) is 0.625. The molecular formula is C16H27Cl2N3O. The Labute approximate surface area is 145 Å². The molecule has 0 saturated heterocycles. The van der Waals surface area contributed by atoms with Crippen molar-refractivity contribution in [1.82, 2.24) is 9.88 Å². The van der Waals surface area contributed by atoms with Crippen molar-refractivity contribution in [1.29, 1.82) is 0 Å². The molecule has 1 amide bonds. The van der Waals surface area contributed by atoms with Gasteiger partial charge in [-0.2, -0.15) is 0 Å².